The molecule has 0 saturated carbocycles. The summed E-state index contributed by atoms with van der Waals surface area (Å²) >= 11 is 7.53. The lowest BCUT2D eigenvalue weighted by Crippen LogP contribution is -2.28. The highest BCUT2D eigenvalue weighted by Crippen LogP contribution is 2.23. The number of benzene rings is 1. The van der Waals surface area contributed by atoms with Crippen LogP contribution in [0, 0.1) is 0 Å². The minimum Gasteiger partial charge on any atom is -0.343 e. The highest BCUT2D eigenvalue weighted by atomic mass is 35.5. The van der Waals surface area contributed by atoms with Gasteiger partial charge in [-0.25, -0.2) is 4.98 Å². The smallest absolute Gasteiger partial charge is 0.254 e. The van der Waals surface area contributed by atoms with Gasteiger partial charge in [-0.2, -0.15) is 0 Å². The molecule has 0 saturated heterocycles. The fourth-order valence-electron chi connectivity index (χ4n) is 1.85. The van der Waals surface area contributed by atoms with Gasteiger partial charge in [-0.3, -0.25) is 10.6 Å². The van der Waals surface area contributed by atoms with Crippen LogP contribution in [0.15, 0.2) is 24.4 Å². The lowest BCUT2D eigenvalue weighted by molar-refractivity contribution is 0.0940. The molecule has 1 aromatic heterocycles. The predicted molar refractivity (Wildman–Crippen MR) is 86.6 cm³/mol. The number of hydrogen-bond acceptors (Lipinski definition) is 5. The summed E-state index contributed by atoms with van der Waals surface area (Å²) in [4.78, 5) is 17.9. The van der Waals surface area contributed by atoms with Gasteiger partial charge >= 0.3 is 0 Å². The van der Waals surface area contributed by atoms with Crippen molar-refractivity contribution in [3.05, 3.63) is 44.9 Å². The summed E-state index contributed by atoms with van der Waals surface area (Å²) in [5, 5.41) is 4.27. The standard InChI is InChI=1S/C14H17ClN4OS/c1-3-10-7-17-14(21-10)8(2)18-13(20)11-6-9(15)4-5-12(11)19-16/h4-8,19H,3,16H2,1-2H3,(H,18,20). The van der Waals surface area contributed by atoms with E-state index >= 15 is 0 Å². The maximum atomic E-state index is 12.3. The molecule has 5 nitrogen and oxygen atoms in total. The van der Waals surface area contributed by atoms with Gasteiger partial charge in [0, 0.05) is 16.1 Å². The van der Waals surface area contributed by atoms with Crippen molar-refractivity contribution >= 4 is 34.5 Å². The summed E-state index contributed by atoms with van der Waals surface area (Å²) in [5.74, 6) is 5.17. The quantitative estimate of drug-likeness (QED) is 0.583. The molecule has 0 aliphatic carbocycles. The second-order valence-electron chi connectivity index (χ2n) is 4.55. The number of nitrogens with two attached hydrogens (primary N) is 1. The fourth-order valence-corrected chi connectivity index (χ4v) is 2.88. The van der Waals surface area contributed by atoms with E-state index < -0.39 is 0 Å². The van der Waals surface area contributed by atoms with Crippen molar-refractivity contribution in [2.24, 2.45) is 5.84 Å². The van der Waals surface area contributed by atoms with Crippen LogP contribution in [0.4, 0.5) is 5.69 Å². The van der Waals surface area contributed by atoms with Crippen LogP contribution in [0.2, 0.25) is 5.02 Å². The number of aryl methyl sites for hydroxylation is 1. The lowest BCUT2D eigenvalue weighted by Gasteiger charge is -2.14. The second-order valence-corrected chi connectivity index (χ2v) is 6.13. The normalized spacial score (nSPS) is 12.0. The number of carbonyl (C=O) groups is 1. The molecule has 0 bridgehead atoms. The summed E-state index contributed by atoms with van der Waals surface area (Å²) in [6.07, 6.45) is 2.78. The van der Waals surface area contributed by atoms with Crippen molar-refractivity contribution in [1.29, 1.82) is 0 Å². The predicted octanol–water partition coefficient (Wildman–Crippen LogP) is 3.14. The maximum absolute atomic E-state index is 12.3. The molecule has 21 heavy (non-hydrogen) atoms. The number of thiazole rings is 1. The summed E-state index contributed by atoms with van der Waals surface area (Å²) in [6, 6.07) is 4.75. The number of hydrazine groups is 1. The SMILES string of the molecule is CCc1cnc(C(C)NC(=O)c2cc(Cl)ccc2NN)s1. The molecule has 2 rings (SSSR count). The monoisotopic (exact) mass is 324 g/mol. The Labute approximate surface area is 132 Å². The largest absolute Gasteiger partial charge is 0.343 e. The molecule has 1 aromatic carbocycles. The summed E-state index contributed by atoms with van der Waals surface area (Å²) in [6.45, 7) is 3.97. The molecule has 0 spiro atoms. The number of amides is 1. The Morgan fingerprint density at radius 1 is 1.52 bits per heavy atom. The van der Waals surface area contributed by atoms with Gasteiger partial charge in [0.25, 0.3) is 5.91 Å². The third-order valence-electron chi connectivity index (χ3n) is 3.02. The molecule has 1 heterocycles. The number of nitrogens with zero attached hydrogens (tertiary/aromatic N) is 1. The number of rotatable bonds is 5. The molecule has 0 aliphatic rings. The highest BCUT2D eigenvalue weighted by Gasteiger charge is 2.17. The first kappa shape index (κ1) is 15.8. The van der Waals surface area contributed by atoms with Gasteiger partial charge in [0.1, 0.15) is 5.01 Å². The van der Waals surface area contributed by atoms with E-state index in [4.69, 9.17) is 17.4 Å². The van der Waals surface area contributed by atoms with Crippen LogP contribution in [-0.4, -0.2) is 10.9 Å². The van der Waals surface area contributed by atoms with Crippen LogP contribution in [-0.2, 0) is 6.42 Å². The number of halogens is 1. The molecular weight excluding hydrogens is 308 g/mol. The van der Waals surface area contributed by atoms with Crippen molar-refractivity contribution in [2.45, 2.75) is 26.3 Å². The minimum atomic E-state index is -0.244. The van der Waals surface area contributed by atoms with Gasteiger partial charge < -0.3 is 10.7 Å². The maximum Gasteiger partial charge on any atom is 0.254 e. The van der Waals surface area contributed by atoms with Crippen molar-refractivity contribution in [3.63, 3.8) is 0 Å². The zero-order valence-electron chi connectivity index (χ0n) is 11.8. The molecule has 0 fully saturated rings. The van der Waals surface area contributed by atoms with Crippen molar-refractivity contribution in [3.8, 4) is 0 Å². The van der Waals surface area contributed by atoms with Crippen LogP contribution in [0.5, 0.6) is 0 Å². The molecule has 1 atom stereocenters. The zero-order valence-corrected chi connectivity index (χ0v) is 13.4. The van der Waals surface area contributed by atoms with E-state index in [-0.39, 0.29) is 11.9 Å². The van der Waals surface area contributed by atoms with Gasteiger partial charge in [0.05, 0.1) is 17.3 Å². The molecule has 1 unspecified atom stereocenters. The van der Waals surface area contributed by atoms with E-state index in [1.165, 1.54) is 4.88 Å². The van der Waals surface area contributed by atoms with Crippen molar-refractivity contribution in [1.82, 2.24) is 10.3 Å². The molecule has 112 valence electrons. The van der Waals surface area contributed by atoms with E-state index in [0.29, 0.717) is 16.3 Å². The average Bonchev–Trinajstić information content (AvgIpc) is 2.96. The molecule has 4 N–H and O–H groups in total. The lowest BCUT2D eigenvalue weighted by atomic mass is 10.1. The molecule has 0 aliphatic heterocycles. The van der Waals surface area contributed by atoms with E-state index in [1.807, 2.05) is 13.1 Å². The minimum absolute atomic E-state index is 0.174. The number of hydrogen-bond donors (Lipinski definition) is 3. The van der Waals surface area contributed by atoms with Crippen molar-refractivity contribution < 1.29 is 4.79 Å². The molecule has 1 amide bonds. The third kappa shape index (κ3) is 3.72. The topological polar surface area (TPSA) is 80.0 Å². The van der Waals surface area contributed by atoms with E-state index in [1.54, 1.807) is 29.5 Å². The van der Waals surface area contributed by atoms with Crippen LogP contribution in [0.1, 0.15) is 40.1 Å². The highest BCUT2D eigenvalue weighted by molar-refractivity contribution is 7.11. The summed E-state index contributed by atoms with van der Waals surface area (Å²) in [7, 11) is 0. The van der Waals surface area contributed by atoms with Gasteiger partial charge in [-0.15, -0.1) is 11.3 Å². The third-order valence-corrected chi connectivity index (χ3v) is 4.58. The number of carbonyl (C=O) groups excluding carboxylic acids is 1. The van der Waals surface area contributed by atoms with E-state index in [2.05, 4.69) is 22.7 Å². The first-order valence-corrected chi connectivity index (χ1v) is 7.76. The molecular formula is C14H17ClN4OS. The van der Waals surface area contributed by atoms with E-state index in [0.717, 1.165) is 11.4 Å². The van der Waals surface area contributed by atoms with Crippen LogP contribution in [0.25, 0.3) is 0 Å². The first-order valence-electron chi connectivity index (χ1n) is 6.56. The van der Waals surface area contributed by atoms with Crippen LogP contribution in [0.3, 0.4) is 0 Å². The number of nitrogens with one attached hydrogen (secondary N) is 2. The van der Waals surface area contributed by atoms with Gasteiger partial charge in [0.2, 0.25) is 0 Å². The Balaban J connectivity index is 2.15. The van der Waals surface area contributed by atoms with Crippen molar-refractivity contribution in [2.75, 3.05) is 5.43 Å². The summed E-state index contributed by atoms with van der Waals surface area (Å²) in [5.41, 5.74) is 3.43. The fraction of sp³-hybridized carbons (Fsp3) is 0.286. The van der Waals surface area contributed by atoms with Crippen LogP contribution >= 0.6 is 22.9 Å². The number of aromatic nitrogens is 1. The molecule has 0 radical (unpaired) electrons. The Kier molecular flexibility index (Phi) is 5.17. The second kappa shape index (κ2) is 6.89. The van der Waals surface area contributed by atoms with Gasteiger partial charge in [0.15, 0.2) is 0 Å². The van der Waals surface area contributed by atoms with Crippen LogP contribution < -0.4 is 16.6 Å². The van der Waals surface area contributed by atoms with E-state index in [9.17, 15) is 4.79 Å². The number of anilines is 1. The Hall–Kier alpha value is -1.63. The summed E-state index contributed by atoms with van der Waals surface area (Å²) < 4.78 is 0. The average molecular weight is 325 g/mol. The Bertz CT molecular complexity index is 644. The molecule has 2 aromatic rings. The first-order chi connectivity index (χ1) is 10.0. The zero-order chi connectivity index (χ0) is 15.4. The Morgan fingerprint density at radius 2 is 2.29 bits per heavy atom. The Morgan fingerprint density at radius 3 is 2.90 bits per heavy atom. The number of nitrogen functional groups attached to an aromatic ring is 1. The van der Waals surface area contributed by atoms with Gasteiger partial charge in [-0.05, 0) is 31.5 Å². The van der Waals surface area contributed by atoms with Gasteiger partial charge in [-0.1, -0.05) is 18.5 Å². The molecule has 7 heteroatoms.